The van der Waals surface area contributed by atoms with Gasteiger partial charge in [-0.2, -0.15) is 0 Å². The summed E-state index contributed by atoms with van der Waals surface area (Å²) < 4.78 is 17.3. The van der Waals surface area contributed by atoms with Crippen LogP contribution < -0.4 is 30.2 Å². The van der Waals surface area contributed by atoms with E-state index in [1.807, 2.05) is 12.1 Å². The van der Waals surface area contributed by atoms with E-state index in [1.54, 1.807) is 14.2 Å². The number of nitrogens with zero attached hydrogens (tertiary/aromatic N) is 3. The molecule has 2 aromatic carbocycles. The van der Waals surface area contributed by atoms with Gasteiger partial charge in [-0.1, -0.05) is 19.1 Å². The first-order chi connectivity index (χ1) is 16.6. The summed E-state index contributed by atoms with van der Waals surface area (Å²) in [5.41, 5.74) is 11.5. The monoisotopic (exact) mass is 463 g/mol. The van der Waals surface area contributed by atoms with Crippen molar-refractivity contribution in [1.29, 1.82) is 0 Å². The van der Waals surface area contributed by atoms with Crippen LogP contribution in [0.1, 0.15) is 30.5 Å². The molecule has 0 aliphatic carbocycles. The van der Waals surface area contributed by atoms with Crippen molar-refractivity contribution in [1.82, 2.24) is 10.2 Å². The Morgan fingerprint density at radius 1 is 1.09 bits per heavy atom. The van der Waals surface area contributed by atoms with E-state index < -0.39 is 0 Å². The average Bonchev–Trinajstić information content (AvgIpc) is 3.07. The number of anilines is 1. The normalized spacial score (nSPS) is 20.4. The molecule has 3 aliphatic rings. The molecule has 1 unspecified atom stereocenters. The van der Waals surface area contributed by atoms with Crippen LogP contribution in [0, 0.1) is 0 Å². The molecule has 0 aromatic heterocycles. The highest BCUT2D eigenvalue weighted by Crippen LogP contribution is 2.45. The summed E-state index contributed by atoms with van der Waals surface area (Å²) in [7, 11) is 3.28. The largest absolute Gasteiger partial charge is 0.496 e. The maximum atomic E-state index is 6.28. The smallest absolute Gasteiger partial charge is 0.194 e. The van der Waals surface area contributed by atoms with Crippen LogP contribution in [-0.4, -0.2) is 64.4 Å². The van der Waals surface area contributed by atoms with E-state index in [-0.39, 0.29) is 6.04 Å². The quantitative estimate of drug-likeness (QED) is 0.705. The number of methoxy groups -OCH3 is 2. The number of hydrogen-bond acceptors (Lipinski definition) is 8. The summed E-state index contributed by atoms with van der Waals surface area (Å²) in [6.07, 6.45) is 0.727. The van der Waals surface area contributed by atoms with E-state index in [1.165, 1.54) is 5.69 Å². The fourth-order valence-corrected chi connectivity index (χ4v) is 5.02. The lowest BCUT2D eigenvalue weighted by Gasteiger charge is -2.35. The molecule has 8 heteroatoms. The Hall–Kier alpha value is -3.39. The third kappa shape index (κ3) is 4.14. The summed E-state index contributed by atoms with van der Waals surface area (Å²) in [6.45, 7) is 8.20. The van der Waals surface area contributed by atoms with Crippen LogP contribution in [0.4, 0.5) is 5.69 Å². The van der Waals surface area contributed by atoms with Crippen LogP contribution in [0.15, 0.2) is 47.0 Å². The van der Waals surface area contributed by atoms with Crippen molar-refractivity contribution in [2.75, 3.05) is 58.5 Å². The minimum absolute atomic E-state index is 0.177. The highest BCUT2D eigenvalue weighted by Gasteiger charge is 2.32. The lowest BCUT2D eigenvalue weighted by atomic mass is 9.91. The summed E-state index contributed by atoms with van der Waals surface area (Å²) >= 11 is 0. The van der Waals surface area contributed by atoms with Gasteiger partial charge < -0.3 is 35.1 Å². The molecule has 3 heterocycles. The summed E-state index contributed by atoms with van der Waals surface area (Å²) in [6, 6.07) is 12.3. The first kappa shape index (κ1) is 22.4. The minimum Gasteiger partial charge on any atom is -0.496 e. The Morgan fingerprint density at radius 3 is 2.53 bits per heavy atom. The highest BCUT2D eigenvalue weighted by atomic mass is 16.5. The number of guanidine groups is 1. The highest BCUT2D eigenvalue weighted by molar-refractivity contribution is 5.94. The molecule has 180 valence electrons. The van der Waals surface area contributed by atoms with Gasteiger partial charge in [0.15, 0.2) is 5.96 Å². The van der Waals surface area contributed by atoms with E-state index >= 15 is 0 Å². The second-order valence-electron chi connectivity index (χ2n) is 8.76. The molecule has 1 fully saturated rings. The molecular weight excluding hydrogens is 430 g/mol. The number of ether oxygens (including phenoxy) is 3. The van der Waals surface area contributed by atoms with Crippen molar-refractivity contribution >= 4 is 17.3 Å². The number of hydrogen-bond donors (Lipinski definition) is 2. The molecule has 1 atom stereocenters. The Kier molecular flexibility index (Phi) is 6.24. The molecule has 5 rings (SSSR count). The number of likely N-dealkylation sites (N-methyl/N-ethyl adjacent to an activating group) is 1. The third-order valence-electron chi connectivity index (χ3n) is 6.94. The van der Waals surface area contributed by atoms with Gasteiger partial charge in [0, 0.05) is 50.4 Å². The predicted molar refractivity (Wildman–Crippen MR) is 135 cm³/mol. The van der Waals surface area contributed by atoms with Gasteiger partial charge in [-0.3, -0.25) is 0 Å². The van der Waals surface area contributed by atoms with Crippen LogP contribution in [-0.2, 0) is 0 Å². The molecule has 3 aliphatic heterocycles. The third-order valence-corrected chi connectivity index (χ3v) is 6.94. The fraction of sp³-hybridized carbons (Fsp3) is 0.423. The molecule has 0 bridgehead atoms. The van der Waals surface area contributed by atoms with Gasteiger partial charge in [-0.15, -0.1) is 0 Å². The maximum absolute atomic E-state index is 6.28. The van der Waals surface area contributed by atoms with Gasteiger partial charge in [0.05, 0.1) is 32.1 Å². The number of benzene rings is 2. The number of aliphatic imine (C=N–C) groups is 1. The molecule has 1 saturated heterocycles. The zero-order chi connectivity index (χ0) is 23.7. The predicted octanol–water partition coefficient (Wildman–Crippen LogP) is 3.00. The van der Waals surface area contributed by atoms with E-state index in [9.17, 15) is 0 Å². The molecular formula is C26H33N5O3. The standard InChI is InChI=1S/C26H33N5O3/c1-4-30-10-12-31(13-11-30)18-7-5-17(6-8-18)24-20-9-14-34-22-16-19(32-2)15-21(33-3)23(22)25(20)29-26(27)28-24/h5-8,15-16,24H,4,9-14H2,1-3H3,(H3,27,28,29). The Balaban J connectivity index is 1.48. The summed E-state index contributed by atoms with van der Waals surface area (Å²) in [5.74, 6) is 2.45. The molecule has 3 N–H and O–H groups in total. The molecule has 0 radical (unpaired) electrons. The topological polar surface area (TPSA) is 84.6 Å². The van der Waals surface area contributed by atoms with E-state index in [2.05, 4.69) is 46.3 Å². The van der Waals surface area contributed by atoms with Gasteiger partial charge in [0.2, 0.25) is 0 Å². The molecule has 0 spiro atoms. The Labute approximate surface area is 201 Å². The lowest BCUT2D eigenvalue weighted by Crippen LogP contribution is -2.46. The second-order valence-corrected chi connectivity index (χ2v) is 8.76. The Bertz CT molecular complexity index is 1100. The van der Waals surface area contributed by atoms with E-state index in [4.69, 9.17) is 24.9 Å². The molecule has 8 nitrogen and oxygen atoms in total. The van der Waals surface area contributed by atoms with Gasteiger partial charge in [-0.25, -0.2) is 4.99 Å². The number of fused-ring (bicyclic) bond motifs is 2. The number of nitrogens with two attached hydrogens (primary N) is 1. The number of piperazine rings is 1. The van der Waals surface area contributed by atoms with Crippen molar-refractivity contribution in [3.8, 4) is 17.2 Å². The number of rotatable bonds is 5. The number of nitrogens with one attached hydrogen (secondary N) is 1. The molecule has 34 heavy (non-hydrogen) atoms. The van der Waals surface area contributed by atoms with Crippen molar-refractivity contribution in [3.63, 3.8) is 0 Å². The zero-order valence-corrected chi connectivity index (χ0v) is 20.1. The maximum Gasteiger partial charge on any atom is 0.194 e. The second kappa shape index (κ2) is 9.46. The van der Waals surface area contributed by atoms with Crippen LogP contribution in [0.3, 0.4) is 0 Å². The van der Waals surface area contributed by atoms with E-state index in [0.717, 1.165) is 61.5 Å². The van der Waals surface area contributed by atoms with Crippen molar-refractivity contribution in [2.45, 2.75) is 19.4 Å². The average molecular weight is 464 g/mol. The van der Waals surface area contributed by atoms with Crippen LogP contribution in [0.5, 0.6) is 17.2 Å². The molecule has 0 amide bonds. The van der Waals surface area contributed by atoms with Crippen LogP contribution in [0.2, 0.25) is 0 Å². The fourth-order valence-electron chi connectivity index (χ4n) is 5.02. The lowest BCUT2D eigenvalue weighted by molar-refractivity contribution is 0.271. The van der Waals surface area contributed by atoms with Crippen LogP contribution >= 0.6 is 0 Å². The first-order valence-corrected chi connectivity index (χ1v) is 11.9. The van der Waals surface area contributed by atoms with Gasteiger partial charge in [0.1, 0.15) is 23.3 Å². The molecule has 2 aromatic rings. The van der Waals surface area contributed by atoms with Gasteiger partial charge >= 0.3 is 0 Å². The van der Waals surface area contributed by atoms with Gasteiger partial charge in [0.25, 0.3) is 0 Å². The zero-order valence-electron chi connectivity index (χ0n) is 20.1. The minimum atomic E-state index is -0.177. The summed E-state index contributed by atoms with van der Waals surface area (Å²) in [4.78, 5) is 9.73. The van der Waals surface area contributed by atoms with Crippen LogP contribution in [0.25, 0.3) is 5.70 Å². The van der Waals surface area contributed by atoms with Crippen molar-refractivity contribution < 1.29 is 14.2 Å². The summed E-state index contributed by atoms with van der Waals surface area (Å²) in [5, 5.41) is 3.29. The van der Waals surface area contributed by atoms with Crippen molar-refractivity contribution in [2.24, 2.45) is 10.7 Å². The van der Waals surface area contributed by atoms with E-state index in [0.29, 0.717) is 29.8 Å². The van der Waals surface area contributed by atoms with Gasteiger partial charge in [-0.05, 0) is 29.8 Å². The van der Waals surface area contributed by atoms with Crippen molar-refractivity contribution in [3.05, 3.63) is 53.1 Å². The molecule has 0 saturated carbocycles. The first-order valence-electron chi connectivity index (χ1n) is 11.9. The Morgan fingerprint density at radius 2 is 1.85 bits per heavy atom. The SMILES string of the molecule is CCN1CCN(c2ccc(C3N=C(N)NC4=C3CCOc3cc(OC)cc(OC)c34)cc2)CC1.